The molecule has 1 N–H and O–H groups in total. The van der Waals surface area contributed by atoms with Crippen LogP contribution >= 0.6 is 0 Å². The summed E-state index contributed by atoms with van der Waals surface area (Å²) in [5.41, 5.74) is 1.24. The van der Waals surface area contributed by atoms with E-state index in [1.54, 1.807) is 7.11 Å². The van der Waals surface area contributed by atoms with Gasteiger partial charge in [0.05, 0.1) is 13.7 Å². The van der Waals surface area contributed by atoms with Gasteiger partial charge in [0, 0.05) is 5.41 Å². The molecular formula is C12H16O2. The highest BCUT2D eigenvalue weighted by molar-refractivity contribution is 5.35. The smallest absolute Gasteiger partial charge is 0.119 e. The Hall–Kier alpha value is -1.02. The number of hydrogen-bond acceptors (Lipinski definition) is 2. The Morgan fingerprint density at radius 2 is 2.21 bits per heavy atom. The highest BCUT2D eigenvalue weighted by Crippen LogP contribution is 2.43. The first-order chi connectivity index (χ1) is 6.80. The van der Waals surface area contributed by atoms with Crippen molar-refractivity contribution in [2.45, 2.75) is 24.7 Å². The maximum atomic E-state index is 9.41. The molecule has 0 bridgehead atoms. The molecule has 1 aromatic rings. The summed E-state index contributed by atoms with van der Waals surface area (Å²) in [7, 11) is 1.67. The minimum atomic E-state index is 0.0224. The zero-order valence-electron chi connectivity index (χ0n) is 8.49. The van der Waals surface area contributed by atoms with Gasteiger partial charge >= 0.3 is 0 Å². The lowest BCUT2D eigenvalue weighted by molar-refractivity contribution is 0.120. The summed E-state index contributed by atoms with van der Waals surface area (Å²) in [6, 6.07) is 8.05. The van der Waals surface area contributed by atoms with Gasteiger partial charge < -0.3 is 9.84 Å². The minimum Gasteiger partial charge on any atom is -0.497 e. The van der Waals surface area contributed by atoms with E-state index in [9.17, 15) is 5.11 Å². The van der Waals surface area contributed by atoms with Crippen LogP contribution in [0.2, 0.25) is 0 Å². The lowest BCUT2D eigenvalue weighted by Gasteiger charge is -2.40. The molecule has 0 amide bonds. The van der Waals surface area contributed by atoms with E-state index in [2.05, 4.69) is 6.07 Å². The van der Waals surface area contributed by atoms with Crippen molar-refractivity contribution in [2.75, 3.05) is 13.7 Å². The van der Waals surface area contributed by atoms with Gasteiger partial charge in [-0.15, -0.1) is 0 Å². The summed E-state index contributed by atoms with van der Waals surface area (Å²) in [6.07, 6.45) is 3.41. The minimum absolute atomic E-state index is 0.0224. The summed E-state index contributed by atoms with van der Waals surface area (Å²) in [6.45, 7) is 0.250. The summed E-state index contributed by atoms with van der Waals surface area (Å²) in [5, 5.41) is 9.41. The average Bonchev–Trinajstić information content (AvgIpc) is 2.18. The zero-order chi connectivity index (χ0) is 10.0. The molecule has 2 nitrogen and oxygen atoms in total. The summed E-state index contributed by atoms with van der Waals surface area (Å²) < 4.78 is 5.18. The van der Waals surface area contributed by atoms with E-state index in [0.717, 1.165) is 18.6 Å². The monoisotopic (exact) mass is 192 g/mol. The van der Waals surface area contributed by atoms with E-state index in [4.69, 9.17) is 4.74 Å². The molecule has 1 aromatic carbocycles. The van der Waals surface area contributed by atoms with Gasteiger partial charge in [-0.3, -0.25) is 0 Å². The van der Waals surface area contributed by atoms with E-state index >= 15 is 0 Å². The quantitative estimate of drug-likeness (QED) is 0.794. The van der Waals surface area contributed by atoms with Gasteiger partial charge in [0.15, 0.2) is 0 Å². The second-order valence-electron chi connectivity index (χ2n) is 4.02. The van der Waals surface area contributed by atoms with Crippen molar-refractivity contribution >= 4 is 0 Å². The molecule has 1 aliphatic carbocycles. The summed E-state index contributed by atoms with van der Waals surface area (Å²) >= 11 is 0. The number of methoxy groups -OCH3 is 1. The first-order valence-corrected chi connectivity index (χ1v) is 5.06. The second kappa shape index (κ2) is 3.62. The molecule has 1 saturated carbocycles. The van der Waals surface area contributed by atoms with Gasteiger partial charge in [0.2, 0.25) is 0 Å². The van der Waals surface area contributed by atoms with Crippen molar-refractivity contribution in [3.63, 3.8) is 0 Å². The van der Waals surface area contributed by atoms with Crippen LogP contribution in [0.1, 0.15) is 24.8 Å². The van der Waals surface area contributed by atoms with Crippen LogP contribution in [0, 0.1) is 0 Å². The fraction of sp³-hybridized carbons (Fsp3) is 0.500. The Labute approximate surface area is 84.5 Å². The number of benzene rings is 1. The molecule has 1 fully saturated rings. The Morgan fingerprint density at radius 3 is 2.71 bits per heavy atom. The molecule has 0 spiro atoms. The van der Waals surface area contributed by atoms with Crippen LogP contribution in [-0.2, 0) is 5.41 Å². The number of aliphatic hydroxyl groups excluding tert-OH is 1. The van der Waals surface area contributed by atoms with Crippen LogP contribution < -0.4 is 4.74 Å². The third-order valence-corrected chi connectivity index (χ3v) is 3.30. The van der Waals surface area contributed by atoms with Gasteiger partial charge in [-0.05, 0) is 30.5 Å². The molecule has 0 aromatic heterocycles. The topological polar surface area (TPSA) is 29.5 Å². The van der Waals surface area contributed by atoms with Gasteiger partial charge in [-0.1, -0.05) is 18.6 Å². The Kier molecular flexibility index (Phi) is 2.46. The van der Waals surface area contributed by atoms with Crippen LogP contribution in [-0.4, -0.2) is 18.8 Å². The normalized spacial score (nSPS) is 18.7. The molecule has 1 aliphatic rings. The molecule has 76 valence electrons. The van der Waals surface area contributed by atoms with Gasteiger partial charge in [-0.25, -0.2) is 0 Å². The van der Waals surface area contributed by atoms with E-state index in [0.29, 0.717) is 0 Å². The molecule has 2 rings (SSSR count). The van der Waals surface area contributed by atoms with Crippen LogP contribution in [0.25, 0.3) is 0 Å². The molecule has 0 saturated heterocycles. The number of hydrogen-bond donors (Lipinski definition) is 1. The average molecular weight is 192 g/mol. The third kappa shape index (κ3) is 1.40. The number of ether oxygens (including phenoxy) is 1. The van der Waals surface area contributed by atoms with Crippen LogP contribution in [0.5, 0.6) is 5.75 Å². The fourth-order valence-corrected chi connectivity index (χ4v) is 2.09. The van der Waals surface area contributed by atoms with Crippen molar-refractivity contribution in [1.29, 1.82) is 0 Å². The fourth-order valence-electron chi connectivity index (χ4n) is 2.09. The van der Waals surface area contributed by atoms with E-state index < -0.39 is 0 Å². The Balaban J connectivity index is 2.30. The number of aliphatic hydroxyl groups is 1. The highest BCUT2D eigenvalue weighted by atomic mass is 16.5. The first kappa shape index (κ1) is 9.53. The molecule has 0 heterocycles. The zero-order valence-corrected chi connectivity index (χ0v) is 8.49. The third-order valence-electron chi connectivity index (χ3n) is 3.30. The summed E-state index contributed by atoms with van der Waals surface area (Å²) in [5.74, 6) is 0.877. The van der Waals surface area contributed by atoms with Crippen LogP contribution in [0.3, 0.4) is 0 Å². The van der Waals surface area contributed by atoms with Gasteiger partial charge in [-0.2, -0.15) is 0 Å². The largest absolute Gasteiger partial charge is 0.497 e. The van der Waals surface area contributed by atoms with Crippen molar-refractivity contribution in [3.8, 4) is 5.75 Å². The van der Waals surface area contributed by atoms with Crippen molar-refractivity contribution in [1.82, 2.24) is 0 Å². The number of rotatable bonds is 3. The molecule has 14 heavy (non-hydrogen) atoms. The molecule has 0 aliphatic heterocycles. The van der Waals surface area contributed by atoms with E-state index in [1.807, 2.05) is 18.2 Å². The lowest BCUT2D eigenvalue weighted by Crippen LogP contribution is -2.37. The Morgan fingerprint density at radius 1 is 1.43 bits per heavy atom. The highest BCUT2D eigenvalue weighted by Gasteiger charge is 2.38. The first-order valence-electron chi connectivity index (χ1n) is 5.06. The van der Waals surface area contributed by atoms with Crippen LogP contribution in [0.15, 0.2) is 24.3 Å². The predicted octanol–water partition coefficient (Wildman–Crippen LogP) is 2.11. The standard InChI is InChI=1S/C12H16O2/c1-14-11-5-2-4-10(8-11)12(9-13)6-3-7-12/h2,4-5,8,13H,3,6-7,9H2,1H3. The van der Waals surface area contributed by atoms with Gasteiger partial charge in [0.1, 0.15) is 5.75 Å². The lowest BCUT2D eigenvalue weighted by atomic mass is 9.65. The van der Waals surface area contributed by atoms with Crippen molar-refractivity contribution in [2.24, 2.45) is 0 Å². The van der Waals surface area contributed by atoms with Crippen molar-refractivity contribution < 1.29 is 9.84 Å². The molecule has 0 atom stereocenters. The van der Waals surface area contributed by atoms with Crippen molar-refractivity contribution in [3.05, 3.63) is 29.8 Å². The molecular weight excluding hydrogens is 176 g/mol. The maximum Gasteiger partial charge on any atom is 0.119 e. The summed E-state index contributed by atoms with van der Waals surface area (Å²) in [4.78, 5) is 0. The predicted molar refractivity (Wildman–Crippen MR) is 55.6 cm³/mol. The van der Waals surface area contributed by atoms with Gasteiger partial charge in [0.25, 0.3) is 0 Å². The van der Waals surface area contributed by atoms with Crippen LogP contribution in [0.4, 0.5) is 0 Å². The second-order valence-corrected chi connectivity index (χ2v) is 4.02. The molecule has 2 heteroatoms. The molecule has 0 radical (unpaired) electrons. The SMILES string of the molecule is COc1cccc(C2(CO)CCC2)c1. The maximum absolute atomic E-state index is 9.41. The Bertz CT molecular complexity index is 310. The van der Waals surface area contributed by atoms with E-state index in [-0.39, 0.29) is 12.0 Å². The molecule has 0 unspecified atom stereocenters. The van der Waals surface area contributed by atoms with E-state index in [1.165, 1.54) is 12.0 Å².